The minimum absolute atomic E-state index is 0.0186. The molecule has 0 saturated heterocycles. The van der Waals surface area contributed by atoms with Crippen LogP contribution in [-0.4, -0.2) is 30.5 Å². The van der Waals surface area contributed by atoms with Gasteiger partial charge in [0.25, 0.3) is 5.69 Å². The highest BCUT2D eigenvalue weighted by atomic mass is 16.6. The van der Waals surface area contributed by atoms with Gasteiger partial charge < -0.3 is 14.8 Å². The van der Waals surface area contributed by atoms with Gasteiger partial charge in [0.2, 0.25) is 0 Å². The molecule has 3 rings (SSSR count). The quantitative estimate of drug-likeness (QED) is 0.515. The van der Waals surface area contributed by atoms with E-state index in [4.69, 9.17) is 9.47 Å². The number of non-ortho nitro benzene ring substituents is 1. The minimum Gasteiger partial charge on any atom is -0.486 e. The van der Waals surface area contributed by atoms with Crippen LogP contribution in [0.5, 0.6) is 11.5 Å². The van der Waals surface area contributed by atoms with Gasteiger partial charge in [-0.2, -0.15) is 0 Å². The van der Waals surface area contributed by atoms with E-state index in [1.54, 1.807) is 24.3 Å². The molecule has 0 saturated carbocycles. The predicted octanol–water partition coefficient (Wildman–Crippen LogP) is 2.97. The minimum atomic E-state index is -0.465. The normalized spacial score (nSPS) is 12.5. The Morgan fingerprint density at radius 3 is 2.67 bits per heavy atom. The largest absolute Gasteiger partial charge is 0.486 e. The number of nitrogens with one attached hydrogen (secondary N) is 1. The highest BCUT2D eigenvalue weighted by Gasteiger charge is 2.15. The van der Waals surface area contributed by atoms with Crippen molar-refractivity contribution in [3.63, 3.8) is 0 Å². The van der Waals surface area contributed by atoms with E-state index in [1.807, 2.05) is 6.92 Å². The predicted molar refractivity (Wildman–Crippen MR) is 88.1 cm³/mol. The van der Waals surface area contributed by atoms with Gasteiger partial charge in [-0.25, -0.2) is 0 Å². The lowest BCUT2D eigenvalue weighted by molar-refractivity contribution is -0.384. The molecule has 7 nitrogen and oxygen atoms in total. The molecule has 2 aromatic carbocycles. The number of benzene rings is 2. The van der Waals surface area contributed by atoms with Gasteiger partial charge in [0.15, 0.2) is 17.3 Å². The maximum absolute atomic E-state index is 12.3. The Balaban J connectivity index is 1.72. The SMILES string of the molecule is Cc1ccc([N+](=O)[O-])cc1NCC(=O)c1ccc2c(c1)OCCO2. The highest BCUT2D eigenvalue weighted by molar-refractivity contribution is 5.99. The van der Waals surface area contributed by atoms with Crippen molar-refractivity contribution in [2.75, 3.05) is 25.1 Å². The molecule has 1 aliphatic rings. The number of nitrogens with zero attached hydrogens (tertiary/aromatic N) is 1. The molecule has 2 aromatic rings. The summed E-state index contributed by atoms with van der Waals surface area (Å²) < 4.78 is 10.9. The van der Waals surface area contributed by atoms with Gasteiger partial charge in [-0.1, -0.05) is 6.07 Å². The first-order valence-electron chi connectivity index (χ1n) is 7.46. The lowest BCUT2D eigenvalue weighted by Gasteiger charge is -2.18. The number of anilines is 1. The third-order valence-electron chi connectivity index (χ3n) is 3.74. The molecule has 1 N–H and O–H groups in total. The van der Waals surface area contributed by atoms with Crippen LogP contribution in [0.3, 0.4) is 0 Å². The van der Waals surface area contributed by atoms with Crippen molar-refractivity contribution in [3.05, 3.63) is 57.6 Å². The van der Waals surface area contributed by atoms with Gasteiger partial charge in [-0.15, -0.1) is 0 Å². The van der Waals surface area contributed by atoms with E-state index in [0.717, 1.165) is 5.56 Å². The van der Waals surface area contributed by atoms with Crippen LogP contribution < -0.4 is 14.8 Å². The molecule has 1 aliphatic heterocycles. The summed E-state index contributed by atoms with van der Waals surface area (Å²) in [4.78, 5) is 22.7. The number of ketones is 1. The second-order valence-corrected chi connectivity index (χ2v) is 5.39. The van der Waals surface area contributed by atoms with Crippen LogP contribution in [0.25, 0.3) is 0 Å². The Morgan fingerprint density at radius 2 is 1.92 bits per heavy atom. The average molecular weight is 328 g/mol. The second kappa shape index (κ2) is 6.57. The monoisotopic (exact) mass is 328 g/mol. The molecule has 0 aromatic heterocycles. The van der Waals surface area contributed by atoms with Crippen molar-refractivity contribution in [1.82, 2.24) is 0 Å². The lowest BCUT2D eigenvalue weighted by atomic mass is 10.1. The molecule has 7 heteroatoms. The summed E-state index contributed by atoms with van der Waals surface area (Å²) in [5.74, 6) is 1.04. The summed E-state index contributed by atoms with van der Waals surface area (Å²) in [6.07, 6.45) is 0. The molecular weight excluding hydrogens is 312 g/mol. The Labute approximate surface area is 138 Å². The van der Waals surface area contributed by atoms with Crippen molar-refractivity contribution >= 4 is 17.2 Å². The first kappa shape index (κ1) is 15.8. The fourth-order valence-corrected chi connectivity index (χ4v) is 2.41. The average Bonchev–Trinajstić information content (AvgIpc) is 2.60. The molecule has 1 heterocycles. The van der Waals surface area contributed by atoms with Crippen LogP contribution in [0.15, 0.2) is 36.4 Å². The number of hydrogen-bond acceptors (Lipinski definition) is 6. The molecule has 24 heavy (non-hydrogen) atoms. The van der Waals surface area contributed by atoms with E-state index < -0.39 is 4.92 Å². The summed E-state index contributed by atoms with van der Waals surface area (Å²) in [5.41, 5.74) is 1.87. The van der Waals surface area contributed by atoms with Gasteiger partial charge >= 0.3 is 0 Å². The number of nitro groups is 1. The zero-order valence-corrected chi connectivity index (χ0v) is 13.1. The molecule has 0 bridgehead atoms. The summed E-state index contributed by atoms with van der Waals surface area (Å²) >= 11 is 0. The molecule has 0 amide bonds. The second-order valence-electron chi connectivity index (χ2n) is 5.39. The number of fused-ring (bicyclic) bond motifs is 1. The van der Waals surface area contributed by atoms with Crippen molar-refractivity contribution in [1.29, 1.82) is 0 Å². The summed E-state index contributed by atoms with van der Waals surface area (Å²) in [6.45, 7) is 2.80. The number of Topliss-reactive ketones (excluding diaryl/α,β-unsaturated/α-hetero) is 1. The fraction of sp³-hybridized carbons (Fsp3) is 0.235. The van der Waals surface area contributed by atoms with Gasteiger partial charge in [0.05, 0.1) is 11.5 Å². The van der Waals surface area contributed by atoms with Crippen LogP contribution in [-0.2, 0) is 0 Å². The smallest absolute Gasteiger partial charge is 0.271 e. The van der Waals surface area contributed by atoms with Crippen molar-refractivity contribution in [2.45, 2.75) is 6.92 Å². The summed E-state index contributed by atoms with van der Waals surface area (Å²) in [5, 5.41) is 13.8. The van der Waals surface area contributed by atoms with Gasteiger partial charge in [-0.05, 0) is 30.7 Å². The van der Waals surface area contributed by atoms with Crippen molar-refractivity contribution < 1.29 is 19.2 Å². The summed E-state index contributed by atoms with van der Waals surface area (Å²) in [7, 11) is 0. The molecule has 0 atom stereocenters. The van der Waals surface area contributed by atoms with Crippen molar-refractivity contribution in [3.8, 4) is 11.5 Å². The third kappa shape index (κ3) is 3.29. The van der Waals surface area contributed by atoms with E-state index in [9.17, 15) is 14.9 Å². The van der Waals surface area contributed by atoms with E-state index in [1.165, 1.54) is 12.1 Å². The molecule has 124 valence electrons. The first-order chi connectivity index (χ1) is 11.5. The van der Waals surface area contributed by atoms with Crippen LogP contribution in [0.4, 0.5) is 11.4 Å². The van der Waals surface area contributed by atoms with Crippen molar-refractivity contribution in [2.24, 2.45) is 0 Å². The molecule has 0 aliphatic carbocycles. The topological polar surface area (TPSA) is 90.7 Å². The maximum Gasteiger partial charge on any atom is 0.271 e. The Morgan fingerprint density at radius 1 is 1.17 bits per heavy atom. The molecule has 0 spiro atoms. The molecular formula is C17H16N2O5. The molecule has 0 unspecified atom stereocenters. The molecule has 0 fully saturated rings. The third-order valence-corrected chi connectivity index (χ3v) is 3.74. The van der Waals surface area contributed by atoms with E-state index in [-0.39, 0.29) is 18.0 Å². The number of rotatable bonds is 5. The standard InChI is InChI=1S/C17H16N2O5/c1-11-2-4-13(19(21)22)9-14(11)18-10-15(20)12-3-5-16-17(8-12)24-7-6-23-16/h2-5,8-9,18H,6-7,10H2,1H3. The maximum atomic E-state index is 12.3. The van der Waals surface area contributed by atoms with E-state index >= 15 is 0 Å². The molecule has 0 radical (unpaired) electrons. The van der Waals surface area contributed by atoms with Gasteiger partial charge in [-0.3, -0.25) is 14.9 Å². The van der Waals surface area contributed by atoms with Gasteiger partial charge in [0.1, 0.15) is 13.2 Å². The zero-order chi connectivity index (χ0) is 17.1. The van der Waals surface area contributed by atoms with Crippen LogP contribution in [0.2, 0.25) is 0 Å². The van der Waals surface area contributed by atoms with E-state index in [0.29, 0.717) is 36.0 Å². The van der Waals surface area contributed by atoms with E-state index in [2.05, 4.69) is 5.32 Å². The Bertz CT molecular complexity index is 804. The highest BCUT2D eigenvalue weighted by Crippen LogP contribution is 2.31. The summed E-state index contributed by atoms with van der Waals surface area (Å²) in [6, 6.07) is 9.54. The number of ether oxygens (including phenoxy) is 2. The van der Waals surface area contributed by atoms with Crippen LogP contribution in [0, 0.1) is 17.0 Å². The number of carbonyl (C=O) groups is 1. The Kier molecular flexibility index (Phi) is 4.33. The number of aryl methyl sites for hydroxylation is 1. The van der Waals surface area contributed by atoms with Crippen LogP contribution >= 0.6 is 0 Å². The number of carbonyl (C=O) groups excluding carboxylic acids is 1. The fourth-order valence-electron chi connectivity index (χ4n) is 2.41. The lowest BCUT2D eigenvalue weighted by Crippen LogP contribution is -2.18. The number of nitro benzene ring substituents is 1. The van der Waals surface area contributed by atoms with Gasteiger partial charge in [0, 0.05) is 23.4 Å². The van der Waals surface area contributed by atoms with Crippen LogP contribution in [0.1, 0.15) is 15.9 Å². The number of hydrogen-bond donors (Lipinski definition) is 1. The Hall–Kier alpha value is -3.09. The zero-order valence-electron chi connectivity index (χ0n) is 13.1. The first-order valence-corrected chi connectivity index (χ1v) is 7.46.